The summed E-state index contributed by atoms with van der Waals surface area (Å²) in [6.07, 6.45) is 3.02. The molecule has 1 unspecified atom stereocenters. The molecule has 25 heavy (non-hydrogen) atoms. The number of hydrogen-bond acceptors (Lipinski definition) is 3. The summed E-state index contributed by atoms with van der Waals surface area (Å²) in [5.74, 6) is 0.717. The van der Waals surface area contributed by atoms with E-state index in [4.69, 9.17) is 4.74 Å². The van der Waals surface area contributed by atoms with Crippen molar-refractivity contribution in [2.75, 3.05) is 7.11 Å². The zero-order chi connectivity index (χ0) is 17.6. The highest BCUT2D eigenvalue weighted by molar-refractivity contribution is 5.99. The van der Waals surface area contributed by atoms with Gasteiger partial charge in [-0.2, -0.15) is 0 Å². The van der Waals surface area contributed by atoms with Crippen LogP contribution >= 0.6 is 0 Å². The van der Waals surface area contributed by atoms with Crippen LogP contribution in [0.15, 0.2) is 72.9 Å². The number of nitrogens with zero attached hydrogens (tertiary/aromatic N) is 1. The maximum atomic E-state index is 13.1. The lowest BCUT2D eigenvalue weighted by atomic mass is 9.97. The molecule has 1 atom stereocenters. The minimum atomic E-state index is -0.496. The van der Waals surface area contributed by atoms with Crippen molar-refractivity contribution in [1.29, 1.82) is 0 Å². The van der Waals surface area contributed by atoms with Gasteiger partial charge < -0.3 is 9.30 Å². The molecule has 0 amide bonds. The van der Waals surface area contributed by atoms with Gasteiger partial charge >= 0.3 is 0 Å². The lowest BCUT2D eigenvalue weighted by Crippen LogP contribution is -2.23. The molecule has 0 saturated heterocycles. The first-order chi connectivity index (χ1) is 12.2. The number of carbonyl (C=O) groups is 2. The van der Waals surface area contributed by atoms with Gasteiger partial charge in [0.1, 0.15) is 11.8 Å². The first-order valence-electron chi connectivity index (χ1n) is 8.07. The second-order valence-electron chi connectivity index (χ2n) is 5.76. The summed E-state index contributed by atoms with van der Waals surface area (Å²) in [6, 6.07) is 19.8. The third kappa shape index (κ3) is 3.69. The Kier molecular flexibility index (Phi) is 5.09. The van der Waals surface area contributed by atoms with Crippen molar-refractivity contribution in [3.63, 3.8) is 0 Å². The van der Waals surface area contributed by atoms with E-state index in [0.29, 0.717) is 17.7 Å². The highest BCUT2D eigenvalue weighted by atomic mass is 16.5. The highest BCUT2D eigenvalue weighted by Crippen LogP contribution is 2.24. The molecule has 0 spiro atoms. The quantitative estimate of drug-likeness (QED) is 0.485. The topological polar surface area (TPSA) is 48.3 Å². The molecule has 4 heteroatoms. The number of methoxy groups -OCH3 is 1. The van der Waals surface area contributed by atoms with E-state index >= 15 is 0 Å². The molecule has 126 valence electrons. The summed E-state index contributed by atoms with van der Waals surface area (Å²) in [5.41, 5.74) is 2.08. The van der Waals surface area contributed by atoms with Gasteiger partial charge in [0.2, 0.25) is 0 Å². The molecule has 1 aromatic heterocycles. The molecule has 0 bridgehead atoms. The fourth-order valence-electron chi connectivity index (χ4n) is 2.93. The molecule has 0 N–H and O–H groups in total. The number of ether oxygens (including phenoxy) is 1. The van der Waals surface area contributed by atoms with Gasteiger partial charge in [-0.25, -0.2) is 0 Å². The van der Waals surface area contributed by atoms with Crippen LogP contribution < -0.4 is 4.74 Å². The van der Waals surface area contributed by atoms with Crippen LogP contribution in [0.4, 0.5) is 0 Å². The lowest BCUT2D eigenvalue weighted by molar-refractivity contribution is 0.0922. The number of hydrogen-bond donors (Lipinski definition) is 0. The number of ketones is 1. The largest absolute Gasteiger partial charge is 0.497 e. The van der Waals surface area contributed by atoms with Crippen molar-refractivity contribution >= 4 is 12.1 Å². The molecule has 0 aliphatic carbocycles. The first kappa shape index (κ1) is 16.7. The van der Waals surface area contributed by atoms with E-state index < -0.39 is 6.04 Å². The number of Topliss-reactive ketones (excluding diaryl/α,β-unsaturated/α-hetero) is 1. The fourth-order valence-corrected chi connectivity index (χ4v) is 2.93. The molecule has 2 aromatic carbocycles. The van der Waals surface area contributed by atoms with Crippen LogP contribution in [0.1, 0.15) is 32.5 Å². The van der Waals surface area contributed by atoms with Crippen LogP contribution in [-0.2, 0) is 6.42 Å². The van der Waals surface area contributed by atoms with E-state index in [1.807, 2.05) is 42.5 Å². The molecule has 1 heterocycles. The van der Waals surface area contributed by atoms with Crippen molar-refractivity contribution in [2.24, 2.45) is 0 Å². The molecular formula is C21H19NO3. The molecular weight excluding hydrogens is 314 g/mol. The number of benzene rings is 2. The van der Waals surface area contributed by atoms with Crippen LogP contribution in [-0.4, -0.2) is 23.7 Å². The van der Waals surface area contributed by atoms with Crippen molar-refractivity contribution in [2.45, 2.75) is 12.5 Å². The van der Waals surface area contributed by atoms with Crippen LogP contribution in [0.5, 0.6) is 5.75 Å². The van der Waals surface area contributed by atoms with Gasteiger partial charge in [0, 0.05) is 18.2 Å². The summed E-state index contributed by atoms with van der Waals surface area (Å²) in [7, 11) is 1.61. The van der Waals surface area contributed by atoms with Crippen LogP contribution in [0.3, 0.4) is 0 Å². The molecule has 3 aromatic rings. The van der Waals surface area contributed by atoms with Crippen molar-refractivity contribution in [1.82, 2.24) is 4.57 Å². The minimum Gasteiger partial charge on any atom is -0.497 e. The van der Waals surface area contributed by atoms with Crippen LogP contribution in [0, 0.1) is 0 Å². The van der Waals surface area contributed by atoms with E-state index in [2.05, 4.69) is 0 Å². The normalized spacial score (nSPS) is 11.7. The summed E-state index contributed by atoms with van der Waals surface area (Å²) < 4.78 is 7.01. The second-order valence-corrected chi connectivity index (χ2v) is 5.76. The van der Waals surface area contributed by atoms with Gasteiger partial charge in [0.15, 0.2) is 12.1 Å². The monoisotopic (exact) mass is 333 g/mol. The Bertz CT molecular complexity index is 868. The summed E-state index contributed by atoms with van der Waals surface area (Å²) in [4.78, 5) is 24.5. The van der Waals surface area contributed by atoms with Crippen LogP contribution in [0.25, 0.3) is 0 Å². The van der Waals surface area contributed by atoms with Gasteiger partial charge in [0.05, 0.1) is 12.8 Å². The molecule has 3 rings (SSSR count). The smallest absolute Gasteiger partial charge is 0.185 e. The van der Waals surface area contributed by atoms with Crippen molar-refractivity contribution in [3.05, 3.63) is 89.7 Å². The molecule has 0 radical (unpaired) electrons. The molecule has 0 aliphatic rings. The van der Waals surface area contributed by atoms with Crippen LogP contribution in [0.2, 0.25) is 0 Å². The molecule has 0 fully saturated rings. The van der Waals surface area contributed by atoms with E-state index in [-0.39, 0.29) is 5.78 Å². The zero-order valence-electron chi connectivity index (χ0n) is 14.0. The predicted octanol–water partition coefficient (Wildman–Crippen LogP) is 3.98. The Morgan fingerprint density at radius 1 is 1.08 bits per heavy atom. The average molecular weight is 333 g/mol. The first-order valence-corrected chi connectivity index (χ1v) is 8.07. The van der Waals surface area contributed by atoms with Gasteiger partial charge in [-0.15, -0.1) is 0 Å². The Hall–Kier alpha value is -3.14. The Balaban J connectivity index is 2.00. The zero-order valence-corrected chi connectivity index (χ0v) is 14.0. The van der Waals surface area contributed by atoms with Crippen molar-refractivity contribution < 1.29 is 14.3 Å². The summed E-state index contributed by atoms with van der Waals surface area (Å²) >= 11 is 0. The van der Waals surface area contributed by atoms with E-state index in [1.165, 1.54) is 0 Å². The Labute approximate surface area is 146 Å². The molecule has 4 nitrogen and oxygen atoms in total. The Morgan fingerprint density at radius 3 is 2.60 bits per heavy atom. The van der Waals surface area contributed by atoms with E-state index in [1.54, 1.807) is 42.1 Å². The lowest BCUT2D eigenvalue weighted by Gasteiger charge is -2.20. The van der Waals surface area contributed by atoms with E-state index in [0.717, 1.165) is 17.6 Å². The number of carbonyl (C=O) groups excluding carboxylic acids is 2. The predicted molar refractivity (Wildman–Crippen MR) is 96.3 cm³/mol. The number of rotatable bonds is 7. The summed E-state index contributed by atoms with van der Waals surface area (Å²) in [5, 5.41) is 0. The molecule has 0 saturated carbocycles. The average Bonchev–Trinajstić information content (AvgIpc) is 3.15. The minimum absolute atomic E-state index is 0.0253. The van der Waals surface area contributed by atoms with Gasteiger partial charge in [-0.3, -0.25) is 9.59 Å². The SMILES string of the molecule is COc1cccc(CC(C(=O)c2ccccc2)n2cccc2C=O)c1. The number of aromatic nitrogens is 1. The van der Waals surface area contributed by atoms with Gasteiger partial charge in [0.25, 0.3) is 0 Å². The van der Waals surface area contributed by atoms with Crippen molar-refractivity contribution in [3.8, 4) is 5.75 Å². The third-order valence-corrected chi connectivity index (χ3v) is 4.19. The maximum Gasteiger partial charge on any atom is 0.185 e. The third-order valence-electron chi connectivity index (χ3n) is 4.19. The van der Waals surface area contributed by atoms with E-state index in [9.17, 15) is 9.59 Å². The van der Waals surface area contributed by atoms with Gasteiger partial charge in [-0.1, -0.05) is 42.5 Å². The number of aldehydes is 1. The second kappa shape index (κ2) is 7.62. The maximum absolute atomic E-state index is 13.1. The summed E-state index contributed by atoms with van der Waals surface area (Å²) in [6.45, 7) is 0. The Morgan fingerprint density at radius 2 is 1.88 bits per heavy atom. The van der Waals surface area contributed by atoms with Gasteiger partial charge in [-0.05, 0) is 29.8 Å². The fraction of sp³-hybridized carbons (Fsp3) is 0.143. The highest BCUT2D eigenvalue weighted by Gasteiger charge is 2.23. The molecule has 0 aliphatic heterocycles. The standard InChI is InChI=1S/C21H19NO3/c1-25-19-11-5-7-16(13-19)14-20(22-12-6-10-18(22)15-23)21(24)17-8-3-2-4-9-17/h2-13,15,20H,14H2,1H3.